The molecule has 1 fully saturated rings. The maximum atomic E-state index is 13.7. The molecular formula is C16H16F3N3. The summed E-state index contributed by atoms with van der Waals surface area (Å²) >= 11 is 0. The Hall–Kier alpha value is -2.08. The number of pyridine rings is 1. The molecule has 0 atom stereocenters. The lowest BCUT2D eigenvalue weighted by atomic mass is 10.2. The van der Waals surface area contributed by atoms with Crippen LogP contribution in [0.15, 0.2) is 36.4 Å². The fourth-order valence-electron chi connectivity index (χ4n) is 2.62. The molecule has 1 aliphatic rings. The number of hydrogen-bond acceptors (Lipinski definition) is 3. The molecule has 116 valence electrons. The summed E-state index contributed by atoms with van der Waals surface area (Å²) < 4.78 is 39.8. The second kappa shape index (κ2) is 6.36. The summed E-state index contributed by atoms with van der Waals surface area (Å²) in [6.07, 6.45) is 0. The lowest BCUT2D eigenvalue weighted by molar-refractivity contribution is 0.248. The second-order valence-corrected chi connectivity index (χ2v) is 5.32. The summed E-state index contributed by atoms with van der Waals surface area (Å²) in [5.74, 6) is -3.46. The summed E-state index contributed by atoms with van der Waals surface area (Å²) in [6.45, 7) is 3.32. The van der Waals surface area contributed by atoms with Gasteiger partial charge in [-0.05, 0) is 5.56 Å². The molecule has 2 heterocycles. The molecule has 0 amide bonds. The molecule has 1 aliphatic heterocycles. The Morgan fingerprint density at radius 1 is 0.909 bits per heavy atom. The molecule has 0 aliphatic carbocycles. The van der Waals surface area contributed by atoms with Crippen LogP contribution in [0, 0.1) is 17.6 Å². The van der Waals surface area contributed by atoms with Crippen LogP contribution in [-0.4, -0.2) is 36.1 Å². The molecule has 6 heteroatoms. The molecular weight excluding hydrogens is 291 g/mol. The first-order valence-electron chi connectivity index (χ1n) is 7.16. The quantitative estimate of drug-likeness (QED) is 0.813. The van der Waals surface area contributed by atoms with Gasteiger partial charge in [-0.25, -0.2) is 8.78 Å². The molecule has 0 radical (unpaired) electrons. The Morgan fingerprint density at radius 3 is 2.27 bits per heavy atom. The van der Waals surface area contributed by atoms with Gasteiger partial charge in [-0.2, -0.15) is 9.37 Å². The van der Waals surface area contributed by atoms with Gasteiger partial charge in [0.05, 0.1) is 0 Å². The Bertz CT molecular complexity index is 641. The van der Waals surface area contributed by atoms with Crippen molar-refractivity contribution in [2.75, 3.05) is 31.1 Å². The van der Waals surface area contributed by atoms with E-state index in [2.05, 4.69) is 22.0 Å². The second-order valence-electron chi connectivity index (χ2n) is 5.32. The molecule has 1 aromatic carbocycles. The minimum atomic E-state index is -1.26. The molecule has 3 rings (SSSR count). The largest absolute Gasteiger partial charge is 0.352 e. The molecule has 2 aromatic rings. The van der Waals surface area contributed by atoms with E-state index in [9.17, 15) is 13.2 Å². The van der Waals surface area contributed by atoms with Crippen LogP contribution >= 0.6 is 0 Å². The van der Waals surface area contributed by atoms with E-state index in [1.54, 1.807) is 4.90 Å². The first-order valence-corrected chi connectivity index (χ1v) is 7.16. The van der Waals surface area contributed by atoms with Crippen LogP contribution < -0.4 is 4.90 Å². The number of anilines is 1. The Morgan fingerprint density at radius 2 is 1.59 bits per heavy atom. The van der Waals surface area contributed by atoms with Crippen molar-refractivity contribution >= 4 is 5.82 Å². The SMILES string of the molecule is Fc1cc(F)c(N2CCN(Cc3ccccc3)CC2)nc1F. The van der Waals surface area contributed by atoms with Crippen LogP contribution in [-0.2, 0) is 6.54 Å². The summed E-state index contributed by atoms with van der Waals surface area (Å²) in [5.41, 5.74) is 1.22. The normalized spacial score (nSPS) is 16.0. The van der Waals surface area contributed by atoms with E-state index >= 15 is 0 Å². The van der Waals surface area contributed by atoms with E-state index in [1.165, 1.54) is 5.56 Å². The van der Waals surface area contributed by atoms with Crippen molar-refractivity contribution in [3.05, 3.63) is 59.5 Å². The average Bonchev–Trinajstić information content (AvgIpc) is 2.53. The van der Waals surface area contributed by atoms with Gasteiger partial charge in [-0.1, -0.05) is 30.3 Å². The molecule has 1 aromatic heterocycles. The van der Waals surface area contributed by atoms with Crippen molar-refractivity contribution in [1.29, 1.82) is 0 Å². The number of nitrogens with zero attached hydrogens (tertiary/aromatic N) is 3. The molecule has 0 spiro atoms. The van der Waals surface area contributed by atoms with Crippen LogP contribution in [0.1, 0.15) is 5.56 Å². The first-order chi connectivity index (χ1) is 10.6. The molecule has 22 heavy (non-hydrogen) atoms. The standard InChI is InChI=1S/C16H16F3N3/c17-13-10-14(18)16(20-15(13)19)22-8-6-21(7-9-22)11-12-4-2-1-3-5-12/h1-5,10H,6-9,11H2. The van der Waals surface area contributed by atoms with E-state index in [0.29, 0.717) is 19.2 Å². The fourth-order valence-corrected chi connectivity index (χ4v) is 2.62. The van der Waals surface area contributed by atoms with Crippen LogP contribution in [0.2, 0.25) is 0 Å². The molecule has 3 nitrogen and oxygen atoms in total. The van der Waals surface area contributed by atoms with Gasteiger partial charge in [0.25, 0.3) is 5.95 Å². The van der Waals surface area contributed by atoms with Crippen molar-refractivity contribution in [2.45, 2.75) is 6.54 Å². The average molecular weight is 307 g/mol. The van der Waals surface area contributed by atoms with E-state index < -0.39 is 17.6 Å². The molecule has 0 bridgehead atoms. The van der Waals surface area contributed by atoms with Gasteiger partial charge in [0.15, 0.2) is 17.5 Å². The highest BCUT2D eigenvalue weighted by Crippen LogP contribution is 2.20. The van der Waals surface area contributed by atoms with Crippen LogP contribution in [0.3, 0.4) is 0 Å². The van der Waals surface area contributed by atoms with Crippen LogP contribution in [0.5, 0.6) is 0 Å². The summed E-state index contributed by atoms with van der Waals surface area (Å²) in [4.78, 5) is 7.29. The number of hydrogen-bond donors (Lipinski definition) is 0. The van der Waals surface area contributed by atoms with Gasteiger partial charge in [0.1, 0.15) is 0 Å². The van der Waals surface area contributed by atoms with Gasteiger partial charge >= 0.3 is 0 Å². The van der Waals surface area contributed by atoms with E-state index in [0.717, 1.165) is 19.6 Å². The fraction of sp³-hybridized carbons (Fsp3) is 0.312. The number of piperazine rings is 1. The maximum absolute atomic E-state index is 13.7. The van der Waals surface area contributed by atoms with E-state index in [4.69, 9.17) is 0 Å². The predicted octanol–water partition coefficient (Wildman–Crippen LogP) is 2.82. The third kappa shape index (κ3) is 3.22. The molecule has 0 unspecified atom stereocenters. The number of rotatable bonds is 3. The predicted molar refractivity (Wildman–Crippen MR) is 78.0 cm³/mol. The molecule has 1 saturated heterocycles. The highest BCUT2D eigenvalue weighted by atomic mass is 19.2. The highest BCUT2D eigenvalue weighted by Gasteiger charge is 2.22. The lowest BCUT2D eigenvalue weighted by Crippen LogP contribution is -2.46. The van der Waals surface area contributed by atoms with Gasteiger partial charge in [0.2, 0.25) is 0 Å². The third-order valence-electron chi connectivity index (χ3n) is 3.79. The highest BCUT2D eigenvalue weighted by molar-refractivity contribution is 5.40. The number of halogens is 3. The minimum absolute atomic E-state index is 0.113. The Kier molecular flexibility index (Phi) is 4.29. The van der Waals surface area contributed by atoms with Crippen molar-refractivity contribution < 1.29 is 13.2 Å². The van der Waals surface area contributed by atoms with Gasteiger partial charge in [-0.3, -0.25) is 4.90 Å². The monoisotopic (exact) mass is 307 g/mol. The van der Waals surface area contributed by atoms with Gasteiger partial charge in [0, 0.05) is 38.8 Å². The first kappa shape index (κ1) is 14.8. The van der Waals surface area contributed by atoms with Crippen molar-refractivity contribution in [2.24, 2.45) is 0 Å². The number of benzene rings is 1. The summed E-state index contributed by atoms with van der Waals surface area (Å²) in [7, 11) is 0. The van der Waals surface area contributed by atoms with Gasteiger partial charge < -0.3 is 4.90 Å². The summed E-state index contributed by atoms with van der Waals surface area (Å²) in [6, 6.07) is 10.6. The topological polar surface area (TPSA) is 19.4 Å². The third-order valence-corrected chi connectivity index (χ3v) is 3.79. The maximum Gasteiger partial charge on any atom is 0.251 e. The van der Waals surface area contributed by atoms with E-state index in [1.807, 2.05) is 18.2 Å². The van der Waals surface area contributed by atoms with Crippen molar-refractivity contribution in [3.63, 3.8) is 0 Å². The smallest absolute Gasteiger partial charge is 0.251 e. The van der Waals surface area contributed by atoms with Crippen LogP contribution in [0.25, 0.3) is 0 Å². The zero-order valence-electron chi connectivity index (χ0n) is 12.0. The van der Waals surface area contributed by atoms with Crippen molar-refractivity contribution in [3.8, 4) is 0 Å². The zero-order chi connectivity index (χ0) is 15.5. The summed E-state index contributed by atoms with van der Waals surface area (Å²) in [5, 5.41) is 0. The van der Waals surface area contributed by atoms with Gasteiger partial charge in [-0.15, -0.1) is 0 Å². The van der Waals surface area contributed by atoms with E-state index in [-0.39, 0.29) is 5.82 Å². The van der Waals surface area contributed by atoms with Crippen molar-refractivity contribution in [1.82, 2.24) is 9.88 Å². The lowest BCUT2D eigenvalue weighted by Gasteiger charge is -2.35. The Balaban J connectivity index is 1.63. The molecule has 0 saturated carbocycles. The minimum Gasteiger partial charge on any atom is -0.352 e. The zero-order valence-corrected chi connectivity index (χ0v) is 12.0. The Labute approximate surface area is 127 Å². The van der Waals surface area contributed by atoms with Crippen LogP contribution in [0.4, 0.5) is 19.0 Å². The molecule has 0 N–H and O–H groups in total. The number of aromatic nitrogens is 1.